The maximum atomic E-state index is 15.2. The summed E-state index contributed by atoms with van der Waals surface area (Å²) in [5.74, 6) is -1.04. The van der Waals surface area contributed by atoms with Gasteiger partial charge in [-0.3, -0.25) is 9.36 Å². The van der Waals surface area contributed by atoms with E-state index in [0.717, 1.165) is 4.90 Å². The third kappa shape index (κ3) is 4.85. The lowest BCUT2D eigenvalue weighted by Gasteiger charge is -2.24. The second-order valence-corrected chi connectivity index (χ2v) is 8.99. The van der Waals surface area contributed by atoms with E-state index in [9.17, 15) is 18.8 Å². The molecule has 1 fully saturated rings. The Bertz CT molecular complexity index is 1310. The molecule has 1 aliphatic heterocycles. The molecule has 3 aromatic rings. The fourth-order valence-corrected chi connectivity index (χ4v) is 4.59. The van der Waals surface area contributed by atoms with Crippen molar-refractivity contribution in [2.45, 2.75) is 31.0 Å². The maximum absolute atomic E-state index is 15.2. The summed E-state index contributed by atoms with van der Waals surface area (Å²) in [4.78, 5) is 39.1. The number of hydrogen-bond donors (Lipinski definition) is 3. The lowest BCUT2D eigenvalue weighted by molar-refractivity contribution is -0.122. The van der Waals surface area contributed by atoms with E-state index in [1.54, 1.807) is 30.3 Å². The van der Waals surface area contributed by atoms with Gasteiger partial charge in [-0.15, -0.1) is 0 Å². The van der Waals surface area contributed by atoms with Crippen LogP contribution in [0.1, 0.15) is 18.4 Å². The summed E-state index contributed by atoms with van der Waals surface area (Å²) in [5, 5.41) is 3.15. The smallest absolute Gasteiger partial charge is 0.323 e. The van der Waals surface area contributed by atoms with Gasteiger partial charge < -0.3 is 21.7 Å². The molecule has 0 spiro atoms. The molecule has 0 saturated carbocycles. The highest BCUT2D eigenvalue weighted by Gasteiger charge is 2.48. The molecule has 2 heterocycles. The third-order valence-corrected chi connectivity index (χ3v) is 6.54. The Balaban J connectivity index is 1.55. The molecule has 3 amide bonds. The average Bonchev–Trinajstić information content (AvgIpc) is 3.39. The number of aryl methyl sites for hydroxylation is 1. The van der Waals surface area contributed by atoms with Crippen molar-refractivity contribution in [2.75, 3.05) is 18.4 Å². The number of likely N-dealkylation sites (tertiary alicyclic amines) is 1. The average molecular weight is 504 g/mol. The molecule has 0 bridgehead atoms. The molecular formula is C24H24ClF2N5O3. The number of benzene rings is 2. The van der Waals surface area contributed by atoms with Crippen LogP contribution in [0.3, 0.4) is 0 Å². The third-order valence-electron chi connectivity index (χ3n) is 6.25. The zero-order valence-electron chi connectivity index (χ0n) is 18.6. The Kier molecular flexibility index (Phi) is 6.77. The van der Waals surface area contributed by atoms with Gasteiger partial charge in [0.1, 0.15) is 11.5 Å². The highest BCUT2D eigenvalue weighted by Crippen LogP contribution is 2.33. The molecule has 1 aliphatic rings. The molecule has 11 heteroatoms. The minimum atomic E-state index is -1.94. The Morgan fingerprint density at radius 1 is 1.17 bits per heavy atom. The number of Topliss-reactive ketones (excluding diaryl/α,β-unsaturated/α-hetero) is 1. The van der Waals surface area contributed by atoms with Crippen LogP contribution in [0, 0.1) is 5.82 Å². The molecular weight excluding hydrogens is 480 g/mol. The Labute approximate surface area is 204 Å². The molecule has 4 rings (SSSR count). The predicted octanol–water partition coefficient (Wildman–Crippen LogP) is 3.84. The first-order valence-electron chi connectivity index (χ1n) is 11.0. The summed E-state index contributed by atoms with van der Waals surface area (Å²) < 4.78 is 30.6. The van der Waals surface area contributed by atoms with Crippen LogP contribution in [0.15, 0.2) is 48.7 Å². The number of nitrogens with zero attached hydrogens (tertiary/aromatic N) is 2. The molecule has 184 valence electrons. The number of carbonyl (C=O) groups excluding carboxylic acids is 3. The molecule has 5 N–H and O–H groups in total. The normalized spacial score (nSPS) is 19.8. The number of nitrogens with two attached hydrogens (primary N) is 2. The van der Waals surface area contributed by atoms with Crippen molar-refractivity contribution >= 4 is 46.0 Å². The van der Waals surface area contributed by atoms with Crippen LogP contribution in [0.5, 0.6) is 0 Å². The number of rotatable bonds is 6. The number of hydrogen-bond acceptors (Lipinski definition) is 4. The molecule has 2 aromatic carbocycles. The summed E-state index contributed by atoms with van der Waals surface area (Å²) in [6.07, 6.45) is 1.03. The van der Waals surface area contributed by atoms with Crippen molar-refractivity contribution < 1.29 is 23.2 Å². The summed E-state index contributed by atoms with van der Waals surface area (Å²) in [7, 11) is 0. The monoisotopic (exact) mass is 503 g/mol. The molecule has 2 atom stereocenters. The van der Waals surface area contributed by atoms with Crippen molar-refractivity contribution in [1.82, 2.24) is 9.47 Å². The summed E-state index contributed by atoms with van der Waals surface area (Å²) in [6, 6.07) is 8.72. The van der Waals surface area contributed by atoms with Gasteiger partial charge in [0.05, 0.1) is 28.8 Å². The number of nitrogens with one attached hydrogen (secondary N) is 1. The lowest BCUT2D eigenvalue weighted by Crippen LogP contribution is -2.44. The number of anilines is 1. The number of alkyl halides is 1. The van der Waals surface area contributed by atoms with Gasteiger partial charge in [-0.25, -0.2) is 18.4 Å². The van der Waals surface area contributed by atoms with E-state index in [2.05, 4.69) is 5.32 Å². The van der Waals surface area contributed by atoms with Crippen LogP contribution in [-0.2, 0) is 11.2 Å². The van der Waals surface area contributed by atoms with Crippen molar-refractivity contribution in [2.24, 2.45) is 11.5 Å². The molecule has 0 radical (unpaired) electrons. The summed E-state index contributed by atoms with van der Waals surface area (Å²) >= 11 is 5.80. The minimum absolute atomic E-state index is 0.0468. The Hall–Kier alpha value is -3.50. The summed E-state index contributed by atoms with van der Waals surface area (Å²) in [5.41, 5.74) is 10.1. The second kappa shape index (κ2) is 9.63. The van der Waals surface area contributed by atoms with Gasteiger partial charge >= 0.3 is 12.1 Å². The fourth-order valence-electron chi connectivity index (χ4n) is 4.40. The van der Waals surface area contributed by atoms with Crippen molar-refractivity contribution in [3.8, 4) is 0 Å². The van der Waals surface area contributed by atoms with Gasteiger partial charge in [0, 0.05) is 31.0 Å². The maximum Gasteiger partial charge on any atom is 0.323 e. The fraction of sp³-hybridized carbons (Fsp3) is 0.292. The van der Waals surface area contributed by atoms with Crippen molar-refractivity contribution in [3.63, 3.8) is 0 Å². The van der Waals surface area contributed by atoms with Gasteiger partial charge in [0.25, 0.3) is 0 Å². The zero-order chi connectivity index (χ0) is 25.3. The van der Waals surface area contributed by atoms with Crippen LogP contribution in [-0.4, -0.2) is 52.1 Å². The van der Waals surface area contributed by atoms with Crippen molar-refractivity contribution in [3.05, 3.63) is 65.1 Å². The quantitative estimate of drug-likeness (QED) is 0.473. The van der Waals surface area contributed by atoms with Crippen LogP contribution in [0.2, 0.25) is 5.02 Å². The van der Waals surface area contributed by atoms with Crippen LogP contribution in [0.25, 0.3) is 10.9 Å². The largest absolute Gasteiger partial charge is 0.351 e. The highest BCUT2D eigenvalue weighted by molar-refractivity contribution is 6.30. The number of ketones is 1. The minimum Gasteiger partial charge on any atom is -0.351 e. The number of halogens is 3. The van der Waals surface area contributed by atoms with Gasteiger partial charge in [0.2, 0.25) is 0 Å². The first kappa shape index (κ1) is 24.6. The van der Waals surface area contributed by atoms with Crippen molar-refractivity contribution in [1.29, 1.82) is 0 Å². The van der Waals surface area contributed by atoms with E-state index in [0.29, 0.717) is 10.9 Å². The molecule has 35 heavy (non-hydrogen) atoms. The van der Waals surface area contributed by atoms with E-state index in [-0.39, 0.29) is 48.6 Å². The second-order valence-electron chi connectivity index (χ2n) is 8.58. The first-order valence-corrected chi connectivity index (χ1v) is 11.3. The van der Waals surface area contributed by atoms with Crippen LogP contribution >= 0.6 is 11.6 Å². The van der Waals surface area contributed by atoms with E-state index in [4.69, 9.17) is 23.1 Å². The molecule has 0 aliphatic carbocycles. The summed E-state index contributed by atoms with van der Waals surface area (Å²) in [6.45, 7) is -0.754. The van der Waals surface area contributed by atoms with Gasteiger partial charge in [-0.05, 0) is 24.1 Å². The molecule has 8 nitrogen and oxygen atoms in total. The topological polar surface area (TPSA) is 123 Å². The SMILES string of the molecule is NC[C@@]1(F)C[C@@H](C(=O)CCc2cccc(Cl)c2F)N(C(=O)Nc2cn(C(N)=O)c3ccccc23)C1. The number of urea groups is 1. The Morgan fingerprint density at radius 2 is 1.91 bits per heavy atom. The number of carbonyl (C=O) groups is 3. The molecule has 1 aromatic heterocycles. The van der Waals surface area contributed by atoms with Gasteiger partial charge in [-0.1, -0.05) is 41.9 Å². The number of amides is 3. The first-order chi connectivity index (χ1) is 16.6. The van der Waals surface area contributed by atoms with Gasteiger partial charge in [-0.2, -0.15) is 0 Å². The number of para-hydroxylation sites is 1. The van der Waals surface area contributed by atoms with Crippen LogP contribution < -0.4 is 16.8 Å². The van der Waals surface area contributed by atoms with E-state index in [1.165, 1.54) is 22.9 Å². The lowest BCUT2D eigenvalue weighted by atomic mass is 9.97. The number of primary amides is 1. The standard InChI is InChI=1S/C24H24ClF2N5O3/c25-16-6-3-4-14(21(16)26)8-9-20(33)19-10-24(27,12-28)13-32(19)23(35)30-17-11-31(22(29)34)18-7-2-1-5-15(17)18/h1-7,11,19H,8-10,12-13,28H2,(H2,29,34)(H,30,35)/t19-,24-/m0/s1. The predicted molar refractivity (Wildman–Crippen MR) is 129 cm³/mol. The molecule has 1 saturated heterocycles. The highest BCUT2D eigenvalue weighted by atomic mass is 35.5. The van der Waals surface area contributed by atoms with E-state index < -0.39 is 35.4 Å². The molecule has 0 unspecified atom stereocenters. The van der Waals surface area contributed by atoms with Gasteiger partial charge in [0.15, 0.2) is 5.78 Å². The van der Waals surface area contributed by atoms with Crippen LogP contribution in [0.4, 0.5) is 24.1 Å². The number of fused-ring (bicyclic) bond motifs is 1. The van der Waals surface area contributed by atoms with E-state index in [1.807, 2.05) is 0 Å². The Morgan fingerprint density at radius 3 is 2.63 bits per heavy atom. The number of aromatic nitrogens is 1. The zero-order valence-corrected chi connectivity index (χ0v) is 19.4. The van der Waals surface area contributed by atoms with E-state index >= 15 is 4.39 Å².